The number of rotatable bonds is 2. The second-order valence-corrected chi connectivity index (χ2v) is 3.01. The number of nitrogens with two attached hydrogens (primary N) is 1. The van der Waals surface area contributed by atoms with E-state index in [1.807, 2.05) is 0 Å². The molecule has 1 fully saturated rings. The van der Waals surface area contributed by atoms with Gasteiger partial charge in [0.2, 0.25) is 0 Å². The van der Waals surface area contributed by atoms with Crippen LogP contribution in [0.15, 0.2) is 5.11 Å². The number of aliphatic hydroxyl groups is 3. The minimum atomic E-state index is -1.28. The molecule has 0 unspecified atom stereocenters. The zero-order valence-electron chi connectivity index (χ0n) is 7.26. The fourth-order valence-electron chi connectivity index (χ4n) is 1.27. The van der Waals surface area contributed by atoms with E-state index < -0.39 is 37.2 Å². The van der Waals surface area contributed by atoms with Crippen LogP contribution < -0.4 is 5.73 Å². The Labute approximate surface area is 79.5 Å². The number of hydrogen-bond donors (Lipinski definition) is 4. The van der Waals surface area contributed by atoms with E-state index >= 15 is 0 Å². The lowest BCUT2D eigenvalue weighted by Crippen LogP contribution is -2.61. The van der Waals surface area contributed by atoms with E-state index in [4.69, 9.17) is 21.1 Å². The molecule has 0 aromatic carbocycles. The maximum atomic E-state index is 9.40. The summed E-state index contributed by atoms with van der Waals surface area (Å²) in [5, 5.41) is 30.7. The molecule has 1 heterocycles. The highest BCUT2D eigenvalue weighted by molar-refractivity contribution is 4.93. The van der Waals surface area contributed by atoms with Crippen molar-refractivity contribution in [1.29, 1.82) is 0 Å². The van der Waals surface area contributed by atoms with E-state index in [9.17, 15) is 10.2 Å². The largest absolute Gasteiger partial charge is 0.394 e. The van der Waals surface area contributed by atoms with Crippen molar-refractivity contribution in [3.63, 3.8) is 0 Å². The van der Waals surface area contributed by atoms with Gasteiger partial charge < -0.3 is 25.8 Å². The van der Waals surface area contributed by atoms with Crippen LogP contribution in [-0.4, -0.2) is 52.5 Å². The van der Waals surface area contributed by atoms with E-state index in [0.29, 0.717) is 0 Å². The molecule has 8 heteroatoms. The minimum Gasteiger partial charge on any atom is -0.394 e. The molecule has 1 rings (SSSR count). The van der Waals surface area contributed by atoms with Crippen molar-refractivity contribution < 1.29 is 20.1 Å². The summed E-state index contributed by atoms with van der Waals surface area (Å²) in [6.45, 7) is -0.484. The van der Waals surface area contributed by atoms with Crippen LogP contribution in [0.4, 0.5) is 0 Å². The summed E-state index contributed by atoms with van der Waals surface area (Å²) in [5.74, 6) is 0. The summed E-state index contributed by atoms with van der Waals surface area (Å²) in [6, 6.07) is -0.997. The van der Waals surface area contributed by atoms with Crippen molar-refractivity contribution in [3.05, 3.63) is 10.4 Å². The summed E-state index contributed by atoms with van der Waals surface area (Å²) >= 11 is 0. The van der Waals surface area contributed by atoms with Crippen LogP contribution in [0.3, 0.4) is 0 Å². The number of hydrogen-bond acceptors (Lipinski definition) is 6. The van der Waals surface area contributed by atoms with Gasteiger partial charge in [0.15, 0.2) is 6.23 Å². The highest BCUT2D eigenvalue weighted by atomic mass is 16.5. The molecular weight excluding hydrogens is 192 g/mol. The van der Waals surface area contributed by atoms with Crippen LogP contribution in [0.2, 0.25) is 0 Å². The first-order chi connectivity index (χ1) is 6.61. The molecule has 0 aromatic rings. The van der Waals surface area contributed by atoms with Crippen molar-refractivity contribution in [3.8, 4) is 0 Å². The predicted molar refractivity (Wildman–Crippen MR) is 44.9 cm³/mol. The highest BCUT2D eigenvalue weighted by Crippen LogP contribution is 2.20. The average molecular weight is 204 g/mol. The Morgan fingerprint density at radius 1 is 1.43 bits per heavy atom. The fraction of sp³-hybridized carbons (Fsp3) is 1.00. The van der Waals surface area contributed by atoms with E-state index in [-0.39, 0.29) is 0 Å². The highest BCUT2D eigenvalue weighted by Gasteiger charge is 2.41. The van der Waals surface area contributed by atoms with Crippen molar-refractivity contribution in [2.24, 2.45) is 10.8 Å². The number of ether oxygens (including phenoxy) is 1. The summed E-state index contributed by atoms with van der Waals surface area (Å²) in [4.78, 5) is 2.48. The van der Waals surface area contributed by atoms with Gasteiger partial charge in [0.1, 0.15) is 18.3 Å². The molecule has 80 valence electrons. The van der Waals surface area contributed by atoms with Crippen molar-refractivity contribution in [2.45, 2.75) is 30.6 Å². The Morgan fingerprint density at radius 3 is 2.57 bits per heavy atom. The number of aliphatic hydroxyl groups excluding tert-OH is 3. The van der Waals surface area contributed by atoms with Crippen molar-refractivity contribution in [2.75, 3.05) is 6.61 Å². The van der Waals surface area contributed by atoms with E-state index in [1.165, 1.54) is 0 Å². The molecule has 5 atom stereocenters. The van der Waals surface area contributed by atoms with Crippen LogP contribution in [0, 0.1) is 0 Å². The Balaban J connectivity index is 2.77. The molecule has 1 aliphatic heterocycles. The molecule has 0 radical (unpaired) electrons. The molecule has 8 nitrogen and oxygen atoms in total. The zero-order chi connectivity index (χ0) is 10.7. The van der Waals surface area contributed by atoms with Crippen LogP contribution in [0.25, 0.3) is 10.4 Å². The summed E-state index contributed by atoms with van der Waals surface area (Å²) < 4.78 is 4.97. The molecule has 1 saturated heterocycles. The smallest absolute Gasteiger partial charge is 0.154 e. The third-order valence-corrected chi connectivity index (χ3v) is 2.11. The second kappa shape index (κ2) is 4.56. The number of azide groups is 1. The molecule has 0 spiro atoms. The average Bonchev–Trinajstić information content (AvgIpc) is 2.19. The van der Waals surface area contributed by atoms with Gasteiger partial charge in [-0.15, -0.1) is 0 Å². The quantitative estimate of drug-likeness (QED) is 0.235. The van der Waals surface area contributed by atoms with Crippen LogP contribution in [0.5, 0.6) is 0 Å². The standard InChI is InChI=1S/C6H12N4O4/c7-3-5(13)4(12)2(1-11)14-6(3)9-10-8/h2-6,11-13H,1,7H2/t2-,3-,4-,5-,6-/m1/s1. The maximum absolute atomic E-state index is 9.40. The Bertz CT molecular complexity index is 242. The summed E-state index contributed by atoms with van der Waals surface area (Å²) in [5.41, 5.74) is 13.6. The minimum absolute atomic E-state index is 0.484. The Morgan fingerprint density at radius 2 is 2.07 bits per heavy atom. The van der Waals surface area contributed by atoms with Crippen molar-refractivity contribution >= 4 is 0 Å². The summed E-state index contributed by atoms with van der Waals surface area (Å²) in [6.07, 6.45) is -4.62. The van der Waals surface area contributed by atoms with Gasteiger partial charge in [0.05, 0.1) is 12.6 Å². The lowest BCUT2D eigenvalue weighted by Gasteiger charge is -2.38. The molecule has 0 amide bonds. The molecule has 5 N–H and O–H groups in total. The van der Waals surface area contributed by atoms with Gasteiger partial charge in [-0.1, -0.05) is 5.11 Å². The topological polar surface area (TPSA) is 145 Å². The number of nitrogens with zero attached hydrogens (tertiary/aromatic N) is 3. The molecule has 14 heavy (non-hydrogen) atoms. The van der Waals surface area contributed by atoms with E-state index in [1.54, 1.807) is 0 Å². The van der Waals surface area contributed by atoms with Crippen LogP contribution in [-0.2, 0) is 4.74 Å². The zero-order valence-corrected chi connectivity index (χ0v) is 7.26. The van der Waals surface area contributed by atoms with Crippen LogP contribution >= 0.6 is 0 Å². The molecule has 0 aliphatic carbocycles. The Hall–Kier alpha value is -0.890. The van der Waals surface area contributed by atoms with Gasteiger partial charge in [0.25, 0.3) is 0 Å². The summed E-state index contributed by atoms with van der Waals surface area (Å²) in [7, 11) is 0. The third kappa shape index (κ3) is 1.95. The van der Waals surface area contributed by atoms with Gasteiger partial charge in [-0.3, -0.25) is 0 Å². The molecular formula is C6H12N4O4. The van der Waals surface area contributed by atoms with Gasteiger partial charge in [0, 0.05) is 4.91 Å². The predicted octanol–water partition coefficient (Wildman–Crippen LogP) is -1.94. The van der Waals surface area contributed by atoms with Crippen molar-refractivity contribution in [1.82, 2.24) is 0 Å². The first-order valence-electron chi connectivity index (χ1n) is 4.04. The van der Waals surface area contributed by atoms with Crippen LogP contribution in [0.1, 0.15) is 0 Å². The monoisotopic (exact) mass is 204 g/mol. The van der Waals surface area contributed by atoms with Gasteiger partial charge in [-0.2, -0.15) is 0 Å². The molecule has 0 bridgehead atoms. The first kappa shape index (κ1) is 11.2. The molecule has 1 aliphatic rings. The normalized spacial score (nSPS) is 43.0. The molecule has 0 saturated carbocycles. The van der Waals surface area contributed by atoms with E-state index in [0.717, 1.165) is 0 Å². The van der Waals surface area contributed by atoms with Gasteiger partial charge >= 0.3 is 0 Å². The lowest BCUT2D eigenvalue weighted by molar-refractivity contribution is -0.186. The Kier molecular flexibility index (Phi) is 3.64. The van der Waals surface area contributed by atoms with E-state index in [2.05, 4.69) is 10.0 Å². The third-order valence-electron chi connectivity index (χ3n) is 2.11. The first-order valence-corrected chi connectivity index (χ1v) is 4.04. The maximum Gasteiger partial charge on any atom is 0.154 e. The van der Waals surface area contributed by atoms with Gasteiger partial charge in [-0.25, -0.2) is 0 Å². The SMILES string of the molecule is [N-]=[N+]=N[C@@H]1O[C@H](CO)[C@@H](O)[C@H](O)[C@H]1N. The lowest BCUT2D eigenvalue weighted by atomic mass is 9.97. The second-order valence-electron chi connectivity index (χ2n) is 3.01. The fourth-order valence-corrected chi connectivity index (χ4v) is 1.27. The molecule has 0 aromatic heterocycles. The van der Waals surface area contributed by atoms with Gasteiger partial charge in [-0.05, 0) is 5.53 Å².